The summed E-state index contributed by atoms with van der Waals surface area (Å²) in [4.78, 5) is 5.50. The summed E-state index contributed by atoms with van der Waals surface area (Å²) >= 11 is 1.74. The molecule has 4 heteroatoms. The largest absolute Gasteiger partial charge is 0.377 e. The van der Waals surface area contributed by atoms with Crippen LogP contribution in [0.15, 0.2) is 11.7 Å². The third kappa shape index (κ3) is 1.79. The zero-order valence-electron chi connectivity index (χ0n) is 9.39. The van der Waals surface area contributed by atoms with Crippen LogP contribution in [-0.4, -0.2) is 24.2 Å². The van der Waals surface area contributed by atoms with E-state index in [0.29, 0.717) is 6.10 Å². The first kappa shape index (κ1) is 10.7. The van der Waals surface area contributed by atoms with Crippen LogP contribution in [0.4, 0.5) is 0 Å². The molecule has 0 bridgehead atoms. The molecule has 16 heavy (non-hydrogen) atoms. The molecular formula is C12H18N2OS. The van der Waals surface area contributed by atoms with Gasteiger partial charge in [0, 0.05) is 29.6 Å². The van der Waals surface area contributed by atoms with E-state index in [-0.39, 0.29) is 5.41 Å². The molecule has 3 rings (SSSR count). The first-order valence-electron chi connectivity index (χ1n) is 6.03. The Morgan fingerprint density at radius 2 is 2.44 bits per heavy atom. The average molecular weight is 238 g/mol. The lowest BCUT2D eigenvalue weighted by atomic mass is 9.76. The fourth-order valence-corrected chi connectivity index (χ4v) is 3.65. The molecule has 2 heterocycles. The zero-order valence-corrected chi connectivity index (χ0v) is 10.2. The number of ether oxygens (including phenoxy) is 1. The van der Waals surface area contributed by atoms with Gasteiger partial charge >= 0.3 is 0 Å². The second-order valence-corrected chi connectivity index (χ2v) is 6.06. The summed E-state index contributed by atoms with van der Waals surface area (Å²) < 4.78 is 5.94. The number of nitrogens with two attached hydrogens (primary N) is 1. The molecule has 2 N–H and O–H groups in total. The Morgan fingerprint density at radius 3 is 3.06 bits per heavy atom. The van der Waals surface area contributed by atoms with Gasteiger partial charge in [0.2, 0.25) is 0 Å². The molecule has 1 aliphatic carbocycles. The lowest BCUT2D eigenvalue weighted by molar-refractivity contribution is 0.0348. The Bertz CT molecular complexity index is 350. The lowest BCUT2D eigenvalue weighted by Gasteiger charge is -2.32. The molecule has 0 radical (unpaired) electrons. The van der Waals surface area contributed by atoms with Gasteiger partial charge in [-0.2, -0.15) is 0 Å². The molecule has 2 unspecified atom stereocenters. The Morgan fingerprint density at radius 1 is 1.56 bits per heavy atom. The zero-order chi connectivity index (χ0) is 11.0. The van der Waals surface area contributed by atoms with Gasteiger partial charge in [-0.15, -0.1) is 11.3 Å². The van der Waals surface area contributed by atoms with Crippen LogP contribution in [0.25, 0.3) is 0 Å². The van der Waals surface area contributed by atoms with E-state index in [1.165, 1.54) is 17.7 Å². The molecule has 1 aromatic heterocycles. The fourth-order valence-electron chi connectivity index (χ4n) is 2.90. The van der Waals surface area contributed by atoms with Crippen LogP contribution in [0, 0.1) is 11.3 Å². The molecule has 2 atom stereocenters. The van der Waals surface area contributed by atoms with Crippen molar-refractivity contribution < 1.29 is 4.74 Å². The van der Waals surface area contributed by atoms with Crippen molar-refractivity contribution in [2.24, 2.45) is 17.1 Å². The predicted octanol–water partition coefficient (Wildman–Crippen LogP) is 1.83. The van der Waals surface area contributed by atoms with Crippen LogP contribution < -0.4 is 5.73 Å². The molecule has 2 aliphatic rings. The van der Waals surface area contributed by atoms with E-state index in [0.717, 1.165) is 31.9 Å². The number of nitrogens with zero attached hydrogens (tertiary/aromatic N) is 1. The third-order valence-corrected chi connectivity index (χ3v) is 4.75. The molecule has 1 aliphatic heterocycles. The molecule has 0 spiro atoms. The molecule has 1 saturated heterocycles. The maximum atomic E-state index is 6.05. The molecule has 1 saturated carbocycles. The highest BCUT2D eigenvalue weighted by Crippen LogP contribution is 2.49. The van der Waals surface area contributed by atoms with Gasteiger partial charge in [-0.1, -0.05) is 0 Å². The summed E-state index contributed by atoms with van der Waals surface area (Å²) in [6.07, 6.45) is 7.20. The van der Waals surface area contributed by atoms with E-state index in [1.807, 2.05) is 11.7 Å². The van der Waals surface area contributed by atoms with Crippen molar-refractivity contribution >= 4 is 11.3 Å². The summed E-state index contributed by atoms with van der Waals surface area (Å²) in [5.41, 5.74) is 8.14. The Hall–Kier alpha value is -0.450. The predicted molar refractivity (Wildman–Crippen MR) is 64.4 cm³/mol. The Labute approximate surface area is 100 Å². The maximum absolute atomic E-state index is 6.05. The minimum absolute atomic E-state index is 0.188. The minimum Gasteiger partial charge on any atom is -0.377 e. The van der Waals surface area contributed by atoms with Crippen molar-refractivity contribution in [1.82, 2.24) is 4.98 Å². The van der Waals surface area contributed by atoms with Crippen LogP contribution in [-0.2, 0) is 11.2 Å². The van der Waals surface area contributed by atoms with Crippen molar-refractivity contribution in [3.8, 4) is 0 Å². The van der Waals surface area contributed by atoms with Crippen LogP contribution in [0.2, 0.25) is 0 Å². The first-order valence-corrected chi connectivity index (χ1v) is 6.91. The molecule has 3 nitrogen and oxygen atoms in total. The maximum Gasteiger partial charge on any atom is 0.0794 e. The van der Waals surface area contributed by atoms with Crippen molar-refractivity contribution in [2.75, 3.05) is 13.2 Å². The number of hydrogen-bond acceptors (Lipinski definition) is 4. The monoisotopic (exact) mass is 238 g/mol. The van der Waals surface area contributed by atoms with E-state index in [9.17, 15) is 0 Å². The normalized spacial score (nSPS) is 34.4. The van der Waals surface area contributed by atoms with Crippen LogP contribution in [0.3, 0.4) is 0 Å². The number of hydrogen-bond donors (Lipinski definition) is 1. The SMILES string of the molecule is NCC1(Cc2cncs2)CCOC1C1CC1. The summed E-state index contributed by atoms with van der Waals surface area (Å²) in [5, 5.41) is 0. The lowest BCUT2D eigenvalue weighted by Crippen LogP contribution is -2.41. The second-order valence-electron chi connectivity index (χ2n) is 5.09. The van der Waals surface area contributed by atoms with Crippen molar-refractivity contribution in [3.05, 3.63) is 16.6 Å². The standard InChI is InChI=1S/C12H18N2OS/c13-7-12(5-10-6-14-8-16-10)3-4-15-11(12)9-1-2-9/h6,8-9,11H,1-5,7,13H2. The van der Waals surface area contributed by atoms with Crippen LogP contribution in [0.5, 0.6) is 0 Å². The highest BCUT2D eigenvalue weighted by atomic mass is 32.1. The first-order chi connectivity index (χ1) is 7.84. The highest BCUT2D eigenvalue weighted by Gasteiger charge is 2.50. The van der Waals surface area contributed by atoms with Crippen molar-refractivity contribution in [3.63, 3.8) is 0 Å². The van der Waals surface area contributed by atoms with Crippen LogP contribution in [0.1, 0.15) is 24.1 Å². The van der Waals surface area contributed by atoms with E-state index < -0.39 is 0 Å². The van der Waals surface area contributed by atoms with Crippen LogP contribution >= 0.6 is 11.3 Å². The minimum atomic E-state index is 0.188. The highest BCUT2D eigenvalue weighted by molar-refractivity contribution is 7.09. The molecule has 1 aromatic rings. The number of aromatic nitrogens is 1. The molecule has 2 fully saturated rings. The Balaban J connectivity index is 1.80. The van der Waals surface area contributed by atoms with Gasteiger partial charge in [0.1, 0.15) is 0 Å². The van der Waals surface area contributed by atoms with Gasteiger partial charge in [-0.05, 0) is 31.6 Å². The van der Waals surface area contributed by atoms with E-state index in [2.05, 4.69) is 4.98 Å². The van der Waals surface area contributed by atoms with Gasteiger partial charge in [0.05, 0.1) is 11.6 Å². The van der Waals surface area contributed by atoms with E-state index >= 15 is 0 Å². The van der Waals surface area contributed by atoms with Gasteiger partial charge in [-0.25, -0.2) is 0 Å². The molecule has 0 amide bonds. The van der Waals surface area contributed by atoms with Gasteiger partial charge in [-0.3, -0.25) is 4.98 Å². The van der Waals surface area contributed by atoms with Crippen molar-refractivity contribution in [2.45, 2.75) is 31.8 Å². The third-order valence-electron chi connectivity index (χ3n) is 3.97. The fraction of sp³-hybridized carbons (Fsp3) is 0.750. The summed E-state index contributed by atoms with van der Waals surface area (Å²) in [5.74, 6) is 0.777. The van der Waals surface area contributed by atoms with Gasteiger partial charge in [0.15, 0.2) is 0 Å². The second kappa shape index (κ2) is 4.09. The van der Waals surface area contributed by atoms with E-state index in [4.69, 9.17) is 10.5 Å². The quantitative estimate of drug-likeness (QED) is 0.870. The molecular weight excluding hydrogens is 220 g/mol. The van der Waals surface area contributed by atoms with Gasteiger partial charge in [0.25, 0.3) is 0 Å². The van der Waals surface area contributed by atoms with E-state index in [1.54, 1.807) is 11.3 Å². The average Bonchev–Trinajstić information content (AvgIpc) is 2.86. The molecule has 88 valence electrons. The summed E-state index contributed by atoms with van der Waals surface area (Å²) in [6, 6.07) is 0. The van der Waals surface area contributed by atoms with Gasteiger partial charge < -0.3 is 10.5 Å². The summed E-state index contributed by atoms with van der Waals surface area (Å²) in [7, 11) is 0. The number of rotatable bonds is 4. The molecule has 0 aromatic carbocycles. The van der Waals surface area contributed by atoms with Crippen molar-refractivity contribution in [1.29, 1.82) is 0 Å². The number of thiazole rings is 1. The smallest absolute Gasteiger partial charge is 0.0794 e. The topological polar surface area (TPSA) is 48.1 Å². The Kier molecular flexibility index (Phi) is 2.73. The summed E-state index contributed by atoms with van der Waals surface area (Å²) in [6.45, 7) is 1.63.